The Hall–Kier alpha value is -3.56. The van der Waals surface area contributed by atoms with Crippen LogP contribution in [-0.4, -0.2) is 51.3 Å². The Morgan fingerprint density at radius 2 is 1.93 bits per heavy atom. The molecule has 1 fully saturated rings. The van der Waals surface area contributed by atoms with Gasteiger partial charge in [-0.05, 0) is 75.4 Å². The van der Waals surface area contributed by atoms with Crippen LogP contribution in [0.15, 0.2) is 48.7 Å². The zero-order chi connectivity index (χ0) is 30.0. The van der Waals surface area contributed by atoms with Gasteiger partial charge in [0.1, 0.15) is 11.2 Å². The highest BCUT2D eigenvalue weighted by Gasteiger charge is 2.29. The van der Waals surface area contributed by atoms with Crippen LogP contribution >= 0.6 is 23.2 Å². The number of halogens is 3. The second kappa shape index (κ2) is 12.4. The molecule has 8 nitrogen and oxygen atoms in total. The number of rotatable bonds is 7. The number of ether oxygens (including phenoxy) is 2. The van der Waals surface area contributed by atoms with Crippen molar-refractivity contribution in [2.45, 2.75) is 52.3 Å². The second-order valence-electron chi connectivity index (χ2n) is 11.5. The highest BCUT2D eigenvalue weighted by Crippen LogP contribution is 2.38. The molecule has 11 heteroatoms. The summed E-state index contributed by atoms with van der Waals surface area (Å²) in [6, 6.07) is 12.2. The Kier molecular flexibility index (Phi) is 8.80. The average molecular weight is 615 g/mol. The third-order valence-corrected chi connectivity index (χ3v) is 7.76. The number of benzene rings is 2. The Morgan fingerprint density at radius 1 is 1.17 bits per heavy atom. The smallest absolute Gasteiger partial charge is 0.410 e. The van der Waals surface area contributed by atoms with Crippen molar-refractivity contribution < 1.29 is 18.7 Å². The zero-order valence-corrected chi connectivity index (χ0v) is 25.6. The fraction of sp³-hybridized carbons (Fsp3) is 0.387. The van der Waals surface area contributed by atoms with Crippen LogP contribution in [-0.2, 0) is 17.8 Å². The quantitative estimate of drug-likeness (QED) is 0.229. The number of nitrogens with one attached hydrogen (secondary N) is 1. The summed E-state index contributed by atoms with van der Waals surface area (Å²) in [7, 11) is 1.43. The van der Waals surface area contributed by atoms with Crippen molar-refractivity contribution in [2.75, 3.05) is 25.5 Å². The van der Waals surface area contributed by atoms with Gasteiger partial charge in [0.05, 0.1) is 22.8 Å². The number of amides is 1. The van der Waals surface area contributed by atoms with Crippen LogP contribution in [0.1, 0.15) is 39.2 Å². The average Bonchev–Trinajstić information content (AvgIpc) is 3.28. The molecule has 0 radical (unpaired) electrons. The van der Waals surface area contributed by atoms with Crippen molar-refractivity contribution in [3.63, 3.8) is 0 Å². The normalized spacial score (nSPS) is 15.6. The summed E-state index contributed by atoms with van der Waals surface area (Å²) in [5, 5.41) is 5.07. The van der Waals surface area contributed by atoms with Crippen molar-refractivity contribution in [1.29, 1.82) is 0 Å². The number of aromatic nitrogens is 3. The number of hydrogen-bond donors (Lipinski definition) is 1. The van der Waals surface area contributed by atoms with Crippen LogP contribution in [0.3, 0.4) is 0 Å². The first-order valence-corrected chi connectivity index (χ1v) is 14.6. The standard InChI is InChI=1S/C31H34Cl2FN5O3/c1-31(2,3)42-30(40)38-12-6-7-20(17-38)18-39-25(27-22(32)8-5-9-23(27)33)14-21-16-36-29(37-28(21)39)35-15-19-10-11-26(41-4)24(34)13-19/h5,8-11,13-14,16,20H,6-7,12,15,17-18H2,1-4H3,(H,35,36,37). The lowest BCUT2D eigenvalue weighted by molar-refractivity contribution is 0.0158. The molecule has 1 atom stereocenters. The number of nitrogens with zero attached hydrogens (tertiary/aromatic N) is 4. The van der Waals surface area contributed by atoms with Gasteiger partial charge in [-0.1, -0.05) is 35.3 Å². The fourth-order valence-electron chi connectivity index (χ4n) is 5.22. The van der Waals surface area contributed by atoms with Gasteiger partial charge in [0.15, 0.2) is 11.6 Å². The molecular weight excluding hydrogens is 580 g/mol. The lowest BCUT2D eigenvalue weighted by atomic mass is 9.98. The number of carbonyl (C=O) groups excluding carboxylic acids is 1. The lowest BCUT2D eigenvalue weighted by Gasteiger charge is -2.34. The van der Waals surface area contributed by atoms with E-state index >= 15 is 0 Å². The summed E-state index contributed by atoms with van der Waals surface area (Å²) in [6.07, 6.45) is 3.25. The van der Waals surface area contributed by atoms with Gasteiger partial charge in [0.25, 0.3) is 0 Å². The number of anilines is 1. The van der Waals surface area contributed by atoms with Gasteiger partial charge in [0, 0.05) is 43.3 Å². The molecule has 0 saturated carbocycles. The number of likely N-dealkylation sites (tertiary alicyclic amines) is 1. The molecule has 2 aromatic carbocycles. The third-order valence-electron chi connectivity index (χ3n) is 7.13. The van der Waals surface area contributed by atoms with Gasteiger partial charge in [-0.15, -0.1) is 0 Å². The van der Waals surface area contributed by atoms with Gasteiger partial charge in [-0.25, -0.2) is 14.2 Å². The SMILES string of the molecule is COc1ccc(CNc2ncc3cc(-c4c(Cl)cccc4Cl)n(CC4CCCN(C(=O)OC(C)(C)C)C4)c3n2)cc1F. The van der Waals surface area contributed by atoms with Gasteiger partial charge in [0.2, 0.25) is 5.95 Å². The predicted octanol–water partition coefficient (Wildman–Crippen LogP) is 7.81. The maximum absolute atomic E-state index is 14.2. The first-order valence-electron chi connectivity index (χ1n) is 13.9. The van der Waals surface area contributed by atoms with Gasteiger partial charge >= 0.3 is 6.09 Å². The van der Waals surface area contributed by atoms with E-state index < -0.39 is 11.4 Å². The topological polar surface area (TPSA) is 81.5 Å². The highest BCUT2D eigenvalue weighted by atomic mass is 35.5. The van der Waals surface area contributed by atoms with Gasteiger partial charge in [-0.3, -0.25) is 0 Å². The maximum atomic E-state index is 14.2. The van der Waals surface area contributed by atoms with E-state index in [1.165, 1.54) is 13.2 Å². The van der Waals surface area contributed by atoms with Crippen molar-refractivity contribution >= 4 is 46.3 Å². The van der Waals surface area contributed by atoms with Crippen molar-refractivity contribution in [3.8, 4) is 17.0 Å². The first-order chi connectivity index (χ1) is 20.0. The van der Waals surface area contributed by atoms with E-state index in [9.17, 15) is 9.18 Å². The molecule has 1 amide bonds. The van der Waals surface area contributed by atoms with E-state index in [0.717, 1.165) is 29.5 Å². The fourth-order valence-corrected chi connectivity index (χ4v) is 5.82. The van der Waals surface area contributed by atoms with E-state index in [2.05, 4.69) is 14.9 Å². The molecule has 42 heavy (non-hydrogen) atoms. The van der Waals surface area contributed by atoms with Crippen molar-refractivity contribution in [1.82, 2.24) is 19.4 Å². The molecular formula is C31H34Cl2FN5O3. The van der Waals surface area contributed by atoms with Crippen molar-refractivity contribution in [3.05, 3.63) is 70.1 Å². The molecule has 0 spiro atoms. The summed E-state index contributed by atoms with van der Waals surface area (Å²) in [4.78, 5) is 24.0. The number of piperidine rings is 1. The van der Waals surface area contributed by atoms with Crippen LogP contribution in [0.25, 0.3) is 22.3 Å². The Labute approximate surface area is 254 Å². The largest absolute Gasteiger partial charge is 0.494 e. The van der Waals surface area contributed by atoms with Crippen LogP contribution in [0.4, 0.5) is 15.1 Å². The summed E-state index contributed by atoms with van der Waals surface area (Å²) in [5.74, 6) is 0.300. The lowest BCUT2D eigenvalue weighted by Crippen LogP contribution is -2.43. The number of fused-ring (bicyclic) bond motifs is 1. The highest BCUT2D eigenvalue weighted by molar-refractivity contribution is 6.39. The van der Waals surface area contributed by atoms with Crippen molar-refractivity contribution in [2.24, 2.45) is 5.92 Å². The van der Waals surface area contributed by atoms with Gasteiger partial charge in [-0.2, -0.15) is 4.98 Å². The minimum atomic E-state index is -0.563. The van der Waals surface area contributed by atoms with E-state index in [4.69, 9.17) is 37.7 Å². The zero-order valence-electron chi connectivity index (χ0n) is 24.1. The van der Waals surface area contributed by atoms with E-state index in [-0.39, 0.29) is 17.8 Å². The molecule has 3 heterocycles. The monoisotopic (exact) mass is 613 g/mol. The van der Waals surface area contributed by atoms with Crippen LogP contribution in [0.5, 0.6) is 5.75 Å². The van der Waals surface area contributed by atoms with Crippen LogP contribution < -0.4 is 10.1 Å². The summed E-state index contributed by atoms with van der Waals surface area (Å²) in [5.41, 5.74) is 2.39. The number of hydrogen-bond acceptors (Lipinski definition) is 6. The molecule has 1 aliphatic heterocycles. The minimum absolute atomic E-state index is 0.149. The molecule has 0 aliphatic carbocycles. The summed E-state index contributed by atoms with van der Waals surface area (Å²) >= 11 is 13.3. The third kappa shape index (κ3) is 6.73. The molecule has 222 valence electrons. The molecule has 1 N–H and O–H groups in total. The van der Waals surface area contributed by atoms with Gasteiger partial charge < -0.3 is 24.3 Å². The number of methoxy groups -OCH3 is 1. The predicted molar refractivity (Wildman–Crippen MR) is 164 cm³/mol. The first kappa shape index (κ1) is 29.9. The Morgan fingerprint density at radius 3 is 2.62 bits per heavy atom. The molecule has 2 aromatic heterocycles. The molecule has 1 saturated heterocycles. The second-order valence-corrected chi connectivity index (χ2v) is 12.3. The van der Waals surface area contributed by atoms with E-state index in [1.54, 1.807) is 23.2 Å². The molecule has 4 aromatic rings. The van der Waals surface area contributed by atoms with E-state index in [0.29, 0.717) is 53.4 Å². The van der Waals surface area contributed by atoms with Crippen LogP contribution in [0, 0.1) is 11.7 Å². The Bertz CT molecular complexity index is 1580. The molecule has 1 aliphatic rings. The molecule has 5 rings (SSSR count). The molecule has 1 unspecified atom stereocenters. The summed E-state index contributed by atoms with van der Waals surface area (Å²) in [6.45, 7) is 7.73. The Balaban J connectivity index is 1.47. The van der Waals surface area contributed by atoms with Crippen LogP contribution in [0.2, 0.25) is 10.0 Å². The number of carbonyl (C=O) groups is 1. The summed E-state index contributed by atoms with van der Waals surface area (Å²) < 4.78 is 27.0. The molecule has 0 bridgehead atoms. The van der Waals surface area contributed by atoms with E-state index in [1.807, 2.05) is 45.0 Å². The maximum Gasteiger partial charge on any atom is 0.410 e. The minimum Gasteiger partial charge on any atom is -0.494 e.